The van der Waals surface area contributed by atoms with Crippen LogP contribution in [0.25, 0.3) is 0 Å². The van der Waals surface area contributed by atoms with Gasteiger partial charge < -0.3 is 10.3 Å². The van der Waals surface area contributed by atoms with E-state index in [1.807, 2.05) is 0 Å². The molecule has 1 aromatic rings. The van der Waals surface area contributed by atoms with Gasteiger partial charge in [0.05, 0.1) is 11.3 Å². The van der Waals surface area contributed by atoms with Crippen molar-refractivity contribution < 1.29 is 9.18 Å². The fraction of sp³-hybridized carbons (Fsp3) is 0.500. The topological polar surface area (TPSA) is 58.4 Å². The number of hydrogen-bond donors (Lipinski definition) is 2. The van der Waals surface area contributed by atoms with Gasteiger partial charge in [-0.15, -0.1) is 0 Å². The molecule has 1 atom stereocenters. The third-order valence-electron chi connectivity index (χ3n) is 3.69. The van der Waals surface area contributed by atoms with Crippen molar-refractivity contribution >= 4 is 11.6 Å². The van der Waals surface area contributed by atoms with E-state index in [0.717, 1.165) is 32.4 Å². The van der Waals surface area contributed by atoms with E-state index in [4.69, 9.17) is 5.84 Å². The van der Waals surface area contributed by atoms with Crippen LogP contribution in [0.15, 0.2) is 18.2 Å². The monoisotopic (exact) mass is 265 g/mol. The minimum Gasteiger partial charge on any atom is -0.339 e. The first kappa shape index (κ1) is 13.8. The highest BCUT2D eigenvalue weighted by Crippen LogP contribution is 2.23. The minimum absolute atomic E-state index is 0.0739. The van der Waals surface area contributed by atoms with Crippen molar-refractivity contribution in [3.63, 3.8) is 0 Å². The van der Waals surface area contributed by atoms with Crippen LogP contribution < -0.4 is 11.3 Å². The average Bonchev–Trinajstić information content (AvgIpc) is 2.62. The Morgan fingerprint density at radius 3 is 2.95 bits per heavy atom. The summed E-state index contributed by atoms with van der Waals surface area (Å²) < 4.78 is 13.6. The summed E-state index contributed by atoms with van der Waals surface area (Å²) in [7, 11) is 0. The first-order valence-corrected chi connectivity index (χ1v) is 6.68. The number of benzene rings is 1. The molecule has 4 nitrogen and oxygen atoms in total. The molecule has 1 aliphatic rings. The number of amides is 1. The van der Waals surface area contributed by atoms with Crippen molar-refractivity contribution in [3.8, 4) is 0 Å². The van der Waals surface area contributed by atoms with Gasteiger partial charge in [-0.05, 0) is 37.3 Å². The molecule has 0 radical (unpaired) electrons. The normalized spacial score (nSPS) is 19.9. The van der Waals surface area contributed by atoms with Crippen molar-refractivity contribution in [2.75, 3.05) is 18.5 Å². The lowest BCUT2D eigenvalue weighted by atomic mass is 10.0. The Balaban J connectivity index is 2.21. The zero-order chi connectivity index (χ0) is 13.8. The largest absolute Gasteiger partial charge is 0.339 e. The second-order valence-corrected chi connectivity index (χ2v) is 5.14. The molecular formula is C14H20FN3O. The Morgan fingerprint density at radius 1 is 1.42 bits per heavy atom. The van der Waals surface area contributed by atoms with E-state index in [2.05, 4.69) is 12.3 Å². The summed E-state index contributed by atoms with van der Waals surface area (Å²) >= 11 is 0. The number of likely N-dealkylation sites (tertiary alicyclic amines) is 1. The van der Waals surface area contributed by atoms with Crippen molar-refractivity contribution in [2.45, 2.75) is 26.2 Å². The van der Waals surface area contributed by atoms with E-state index in [1.54, 1.807) is 11.0 Å². The molecule has 1 unspecified atom stereocenters. The summed E-state index contributed by atoms with van der Waals surface area (Å²) in [6.45, 7) is 3.65. The predicted molar refractivity (Wildman–Crippen MR) is 73.1 cm³/mol. The first-order valence-electron chi connectivity index (χ1n) is 6.68. The lowest BCUT2D eigenvalue weighted by Crippen LogP contribution is -2.33. The lowest BCUT2D eigenvalue weighted by Gasteiger charge is -2.22. The first-order chi connectivity index (χ1) is 9.13. The van der Waals surface area contributed by atoms with Crippen molar-refractivity contribution in [3.05, 3.63) is 29.6 Å². The molecule has 1 aromatic carbocycles. The summed E-state index contributed by atoms with van der Waals surface area (Å²) in [5.41, 5.74) is 2.66. The molecule has 5 heteroatoms. The summed E-state index contributed by atoms with van der Waals surface area (Å²) in [6, 6.07) is 4.43. The summed E-state index contributed by atoms with van der Waals surface area (Å²) in [5, 5.41) is 0. The summed E-state index contributed by atoms with van der Waals surface area (Å²) in [4.78, 5) is 14.2. The number of nitrogen functional groups attached to an aromatic ring is 1. The smallest absolute Gasteiger partial charge is 0.256 e. The Kier molecular flexibility index (Phi) is 4.37. The molecule has 0 saturated carbocycles. The molecular weight excluding hydrogens is 245 g/mol. The van der Waals surface area contributed by atoms with Gasteiger partial charge in [0.15, 0.2) is 0 Å². The molecule has 2 rings (SSSR count). The summed E-state index contributed by atoms with van der Waals surface area (Å²) in [6.07, 6.45) is 3.12. The maximum atomic E-state index is 13.6. The van der Waals surface area contributed by atoms with Gasteiger partial charge in [-0.2, -0.15) is 0 Å². The average molecular weight is 265 g/mol. The Labute approximate surface area is 112 Å². The fourth-order valence-corrected chi connectivity index (χ4v) is 2.49. The van der Waals surface area contributed by atoms with E-state index in [9.17, 15) is 9.18 Å². The van der Waals surface area contributed by atoms with Crippen LogP contribution in [0.3, 0.4) is 0 Å². The van der Waals surface area contributed by atoms with Crippen LogP contribution in [0.4, 0.5) is 10.1 Å². The molecule has 0 bridgehead atoms. The van der Waals surface area contributed by atoms with Crippen LogP contribution in [-0.4, -0.2) is 23.9 Å². The number of hydrazine groups is 1. The molecule has 0 aromatic heterocycles. The van der Waals surface area contributed by atoms with Gasteiger partial charge >= 0.3 is 0 Å². The lowest BCUT2D eigenvalue weighted by molar-refractivity contribution is 0.0761. The molecule has 19 heavy (non-hydrogen) atoms. The maximum absolute atomic E-state index is 13.6. The second kappa shape index (κ2) is 6.02. The van der Waals surface area contributed by atoms with Crippen LogP contribution in [0.2, 0.25) is 0 Å². The SMILES string of the molecule is CC1CCCN(C(=O)c2cccc(F)c2NN)CC1. The number of nitrogens with zero attached hydrogens (tertiary/aromatic N) is 1. The molecule has 104 valence electrons. The number of anilines is 1. The van der Waals surface area contributed by atoms with Crippen LogP contribution in [0.1, 0.15) is 36.5 Å². The zero-order valence-corrected chi connectivity index (χ0v) is 11.2. The molecule has 1 fully saturated rings. The quantitative estimate of drug-likeness (QED) is 0.637. The number of halogens is 1. The number of para-hydroxylation sites is 1. The van der Waals surface area contributed by atoms with E-state index < -0.39 is 5.82 Å². The molecule has 1 amide bonds. The van der Waals surface area contributed by atoms with E-state index in [1.165, 1.54) is 12.1 Å². The van der Waals surface area contributed by atoms with Crippen molar-refractivity contribution in [1.29, 1.82) is 0 Å². The third kappa shape index (κ3) is 3.04. The Bertz CT molecular complexity index is 464. The van der Waals surface area contributed by atoms with Gasteiger partial charge in [0.25, 0.3) is 5.91 Å². The Hall–Kier alpha value is -1.62. The standard InChI is InChI=1S/C14H20FN3O/c1-10-4-3-8-18(9-7-10)14(19)11-5-2-6-12(15)13(11)17-16/h2,5-6,10,17H,3-4,7-9,16H2,1H3. The van der Waals surface area contributed by atoms with Gasteiger partial charge in [-0.3, -0.25) is 10.6 Å². The molecule has 3 N–H and O–H groups in total. The van der Waals surface area contributed by atoms with Crippen LogP contribution in [0, 0.1) is 11.7 Å². The van der Waals surface area contributed by atoms with E-state index >= 15 is 0 Å². The van der Waals surface area contributed by atoms with Crippen molar-refractivity contribution in [2.24, 2.45) is 11.8 Å². The number of rotatable bonds is 2. The Morgan fingerprint density at radius 2 is 2.21 bits per heavy atom. The highest BCUT2D eigenvalue weighted by atomic mass is 19.1. The number of nitrogens with one attached hydrogen (secondary N) is 1. The number of nitrogens with two attached hydrogens (primary N) is 1. The van der Waals surface area contributed by atoms with Gasteiger partial charge in [-0.1, -0.05) is 13.0 Å². The van der Waals surface area contributed by atoms with Gasteiger partial charge in [-0.25, -0.2) is 4.39 Å². The van der Waals surface area contributed by atoms with Gasteiger partial charge in [0, 0.05) is 13.1 Å². The number of carbonyl (C=O) groups excluding carboxylic acids is 1. The number of hydrogen-bond acceptors (Lipinski definition) is 3. The predicted octanol–water partition coefficient (Wildman–Crippen LogP) is 2.37. The van der Waals surface area contributed by atoms with Gasteiger partial charge in [0.1, 0.15) is 5.82 Å². The van der Waals surface area contributed by atoms with Crippen LogP contribution in [-0.2, 0) is 0 Å². The minimum atomic E-state index is -0.503. The van der Waals surface area contributed by atoms with Crippen LogP contribution >= 0.6 is 0 Å². The fourth-order valence-electron chi connectivity index (χ4n) is 2.49. The van der Waals surface area contributed by atoms with E-state index in [0.29, 0.717) is 11.5 Å². The molecule has 0 spiro atoms. The second-order valence-electron chi connectivity index (χ2n) is 5.14. The highest BCUT2D eigenvalue weighted by molar-refractivity contribution is 5.99. The maximum Gasteiger partial charge on any atom is 0.256 e. The molecule has 1 heterocycles. The highest BCUT2D eigenvalue weighted by Gasteiger charge is 2.22. The zero-order valence-electron chi connectivity index (χ0n) is 11.2. The molecule has 1 saturated heterocycles. The molecule has 0 aliphatic carbocycles. The van der Waals surface area contributed by atoms with Crippen molar-refractivity contribution in [1.82, 2.24) is 4.90 Å². The van der Waals surface area contributed by atoms with E-state index in [-0.39, 0.29) is 11.6 Å². The van der Waals surface area contributed by atoms with Crippen LogP contribution in [0.5, 0.6) is 0 Å². The number of carbonyl (C=O) groups is 1. The molecule has 1 aliphatic heterocycles. The summed E-state index contributed by atoms with van der Waals surface area (Å²) in [5.74, 6) is 5.29. The third-order valence-corrected chi connectivity index (χ3v) is 3.69. The van der Waals surface area contributed by atoms with Gasteiger partial charge in [0.2, 0.25) is 0 Å².